The van der Waals surface area contributed by atoms with Gasteiger partial charge in [0.1, 0.15) is 18.2 Å². The molecule has 6 nitrogen and oxygen atoms in total. The molecule has 0 saturated carbocycles. The van der Waals surface area contributed by atoms with Crippen LogP contribution in [-0.2, 0) is 25.3 Å². The lowest BCUT2D eigenvalue weighted by Gasteiger charge is -2.36. The first kappa shape index (κ1) is 25.2. The van der Waals surface area contributed by atoms with Crippen LogP contribution in [0.3, 0.4) is 0 Å². The molecular formula is C22H37NO5Si. The highest BCUT2D eigenvalue weighted by Crippen LogP contribution is 2.36. The number of alkyl carbamates (subject to hydrolysis) is 1. The normalized spacial score (nSPS) is 13.5. The number of benzene rings is 1. The van der Waals surface area contributed by atoms with Gasteiger partial charge in [0.2, 0.25) is 0 Å². The fourth-order valence-electron chi connectivity index (χ4n) is 2.18. The summed E-state index contributed by atoms with van der Waals surface area (Å²) in [6, 6.07) is 8.59. The number of esters is 1. The Labute approximate surface area is 176 Å². The van der Waals surface area contributed by atoms with Crippen LogP contribution in [0.1, 0.15) is 53.5 Å². The molecule has 0 spiro atoms. The van der Waals surface area contributed by atoms with Crippen LogP contribution in [-0.4, -0.2) is 38.6 Å². The zero-order valence-electron chi connectivity index (χ0n) is 19.1. The third-order valence-electron chi connectivity index (χ3n) is 4.88. The molecule has 1 unspecified atom stereocenters. The lowest BCUT2D eigenvalue weighted by atomic mass is 10.2. The molecule has 29 heavy (non-hydrogen) atoms. The van der Waals surface area contributed by atoms with Gasteiger partial charge in [-0.3, -0.25) is 0 Å². The summed E-state index contributed by atoms with van der Waals surface area (Å²) in [5.41, 5.74) is 0.231. The Morgan fingerprint density at radius 3 is 2.14 bits per heavy atom. The van der Waals surface area contributed by atoms with Crippen LogP contribution in [0.2, 0.25) is 18.1 Å². The quantitative estimate of drug-likeness (QED) is 0.469. The van der Waals surface area contributed by atoms with Crippen LogP contribution in [0, 0.1) is 0 Å². The third kappa shape index (κ3) is 9.45. The minimum Gasteiger partial charge on any atom is -0.459 e. The van der Waals surface area contributed by atoms with E-state index >= 15 is 0 Å². The van der Waals surface area contributed by atoms with Gasteiger partial charge in [-0.05, 0) is 44.5 Å². The van der Waals surface area contributed by atoms with E-state index in [0.29, 0.717) is 13.0 Å². The highest BCUT2D eigenvalue weighted by atomic mass is 28.4. The van der Waals surface area contributed by atoms with Crippen molar-refractivity contribution in [2.45, 2.75) is 84.3 Å². The molecule has 0 bridgehead atoms. The molecule has 0 aliphatic heterocycles. The Kier molecular flexibility index (Phi) is 8.90. The van der Waals surface area contributed by atoms with Gasteiger partial charge < -0.3 is 19.2 Å². The Morgan fingerprint density at radius 2 is 1.62 bits per heavy atom. The molecule has 0 aliphatic carbocycles. The van der Waals surface area contributed by atoms with Gasteiger partial charge in [0.25, 0.3) is 0 Å². The van der Waals surface area contributed by atoms with Gasteiger partial charge in [0.15, 0.2) is 8.32 Å². The molecule has 164 valence electrons. The van der Waals surface area contributed by atoms with Crippen molar-refractivity contribution in [2.75, 3.05) is 6.61 Å². The Morgan fingerprint density at radius 1 is 1.03 bits per heavy atom. The van der Waals surface area contributed by atoms with Crippen LogP contribution in [0.25, 0.3) is 0 Å². The van der Waals surface area contributed by atoms with Crippen molar-refractivity contribution in [3.05, 3.63) is 35.9 Å². The molecule has 0 heterocycles. The topological polar surface area (TPSA) is 73.9 Å². The predicted molar refractivity (Wildman–Crippen MR) is 117 cm³/mol. The van der Waals surface area contributed by atoms with Crippen molar-refractivity contribution >= 4 is 20.4 Å². The number of carbonyl (C=O) groups is 2. The average molecular weight is 424 g/mol. The summed E-state index contributed by atoms with van der Waals surface area (Å²) >= 11 is 0. The second kappa shape index (κ2) is 10.3. The van der Waals surface area contributed by atoms with Crippen LogP contribution >= 0.6 is 0 Å². The van der Waals surface area contributed by atoms with E-state index in [0.717, 1.165) is 5.56 Å². The molecule has 0 aromatic heterocycles. The van der Waals surface area contributed by atoms with Crippen molar-refractivity contribution in [1.82, 2.24) is 5.32 Å². The molecule has 0 aliphatic rings. The molecule has 1 N–H and O–H groups in total. The molecule has 0 saturated heterocycles. The predicted octanol–water partition coefficient (Wildman–Crippen LogP) is 5.04. The molecule has 1 aromatic rings. The minimum atomic E-state index is -1.95. The second-order valence-electron chi connectivity index (χ2n) is 9.69. The van der Waals surface area contributed by atoms with E-state index in [-0.39, 0.29) is 11.6 Å². The van der Waals surface area contributed by atoms with E-state index in [1.165, 1.54) is 0 Å². The Bertz CT molecular complexity index is 662. The molecular weight excluding hydrogens is 386 g/mol. The zero-order chi connectivity index (χ0) is 22.3. The zero-order valence-corrected chi connectivity index (χ0v) is 20.1. The van der Waals surface area contributed by atoms with E-state index in [1.54, 1.807) is 20.8 Å². The van der Waals surface area contributed by atoms with Gasteiger partial charge in [-0.15, -0.1) is 0 Å². The van der Waals surface area contributed by atoms with E-state index in [2.05, 4.69) is 39.2 Å². The van der Waals surface area contributed by atoms with Gasteiger partial charge in [0, 0.05) is 13.0 Å². The summed E-state index contributed by atoms with van der Waals surface area (Å²) in [6.07, 6.45) is -0.328. The summed E-state index contributed by atoms with van der Waals surface area (Å²) in [4.78, 5) is 24.8. The molecule has 0 radical (unpaired) electrons. The minimum absolute atomic E-state index is 0.0644. The van der Waals surface area contributed by atoms with Crippen LogP contribution in [0.15, 0.2) is 30.3 Å². The van der Waals surface area contributed by atoms with Gasteiger partial charge >= 0.3 is 12.1 Å². The number of rotatable bonds is 8. The first-order valence-electron chi connectivity index (χ1n) is 10.1. The van der Waals surface area contributed by atoms with Crippen LogP contribution in [0.4, 0.5) is 4.79 Å². The molecule has 0 fully saturated rings. The molecule has 7 heteroatoms. The van der Waals surface area contributed by atoms with Crippen molar-refractivity contribution < 1.29 is 23.5 Å². The SMILES string of the molecule is CC(C)(C)OC(=O)NC(CCO[Si](C)(C)C(C)(C)C)C(=O)OCc1ccccc1. The Hall–Kier alpha value is -1.86. The summed E-state index contributed by atoms with van der Waals surface area (Å²) in [7, 11) is -1.95. The summed E-state index contributed by atoms with van der Waals surface area (Å²) in [5.74, 6) is -0.501. The average Bonchev–Trinajstić information content (AvgIpc) is 2.57. The van der Waals surface area contributed by atoms with E-state index in [1.807, 2.05) is 30.3 Å². The van der Waals surface area contributed by atoms with Crippen molar-refractivity contribution in [3.63, 3.8) is 0 Å². The number of amides is 1. The summed E-state index contributed by atoms with van der Waals surface area (Å²) in [6.45, 7) is 16.6. The number of hydrogen-bond donors (Lipinski definition) is 1. The number of ether oxygens (including phenoxy) is 2. The first-order chi connectivity index (χ1) is 13.2. The molecule has 1 amide bonds. The maximum absolute atomic E-state index is 12.6. The van der Waals surface area contributed by atoms with Crippen molar-refractivity contribution in [3.8, 4) is 0 Å². The monoisotopic (exact) mass is 423 g/mol. The smallest absolute Gasteiger partial charge is 0.408 e. The lowest BCUT2D eigenvalue weighted by Crippen LogP contribution is -2.46. The van der Waals surface area contributed by atoms with Gasteiger partial charge in [0.05, 0.1) is 0 Å². The molecule has 1 aromatic carbocycles. The highest BCUT2D eigenvalue weighted by Gasteiger charge is 2.37. The maximum Gasteiger partial charge on any atom is 0.408 e. The van der Waals surface area contributed by atoms with Gasteiger partial charge in [-0.25, -0.2) is 9.59 Å². The third-order valence-corrected chi connectivity index (χ3v) is 9.41. The second-order valence-corrected chi connectivity index (χ2v) is 14.5. The fourth-order valence-corrected chi connectivity index (χ4v) is 3.24. The summed E-state index contributed by atoms with van der Waals surface area (Å²) < 4.78 is 16.9. The fraction of sp³-hybridized carbons (Fsp3) is 0.636. The first-order valence-corrected chi connectivity index (χ1v) is 13.0. The van der Waals surface area contributed by atoms with E-state index in [9.17, 15) is 9.59 Å². The molecule has 1 atom stereocenters. The van der Waals surface area contributed by atoms with Crippen molar-refractivity contribution in [1.29, 1.82) is 0 Å². The number of nitrogens with one attached hydrogen (secondary N) is 1. The largest absolute Gasteiger partial charge is 0.459 e. The molecule has 1 rings (SSSR count). The van der Waals surface area contributed by atoms with Crippen LogP contribution in [0.5, 0.6) is 0 Å². The highest BCUT2D eigenvalue weighted by molar-refractivity contribution is 6.74. The maximum atomic E-state index is 12.6. The van der Waals surface area contributed by atoms with Gasteiger partial charge in [-0.1, -0.05) is 51.1 Å². The summed E-state index contributed by atoms with van der Waals surface area (Å²) in [5, 5.41) is 2.70. The van der Waals surface area contributed by atoms with Crippen LogP contribution < -0.4 is 5.32 Å². The van der Waals surface area contributed by atoms with E-state index < -0.39 is 32.0 Å². The number of carbonyl (C=O) groups excluding carboxylic acids is 2. The Balaban J connectivity index is 2.74. The van der Waals surface area contributed by atoms with Gasteiger partial charge in [-0.2, -0.15) is 0 Å². The standard InChI is InChI=1S/C22H37NO5Si/c1-21(2,3)28-20(25)23-18(14-15-27-29(7,8)22(4,5)6)19(24)26-16-17-12-10-9-11-13-17/h9-13,18H,14-16H2,1-8H3,(H,23,25). The lowest BCUT2D eigenvalue weighted by molar-refractivity contribution is -0.147. The number of hydrogen-bond acceptors (Lipinski definition) is 5. The van der Waals surface area contributed by atoms with Crippen molar-refractivity contribution in [2.24, 2.45) is 0 Å². The van der Waals surface area contributed by atoms with E-state index in [4.69, 9.17) is 13.9 Å².